The van der Waals surface area contributed by atoms with Gasteiger partial charge in [-0.25, -0.2) is 4.79 Å². The third-order valence-electron chi connectivity index (χ3n) is 3.49. The Labute approximate surface area is 109 Å². The Morgan fingerprint density at radius 2 is 1.72 bits per heavy atom. The van der Waals surface area contributed by atoms with Crippen molar-refractivity contribution in [2.24, 2.45) is 0 Å². The molecular formula is C15H22N2O. The lowest BCUT2D eigenvalue weighted by atomic mass is 10.2. The zero-order chi connectivity index (χ0) is 12.8. The summed E-state index contributed by atoms with van der Waals surface area (Å²) < 4.78 is 0. The van der Waals surface area contributed by atoms with Gasteiger partial charge in [-0.05, 0) is 31.9 Å². The van der Waals surface area contributed by atoms with E-state index < -0.39 is 0 Å². The highest BCUT2D eigenvalue weighted by atomic mass is 16.2. The lowest BCUT2D eigenvalue weighted by molar-refractivity contribution is 0.207. The SMILES string of the molecule is CCN(C(=O)N1CCCCCC1)c1ccccc1. The van der Waals surface area contributed by atoms with E-state index >= 15 is 0 Å². The second kappa shape index (κ2) is 6.43. The van der Waals surface area contributed by atoms with Gasteiger partial charge in [-0.1, -0.05) is 31.0 Å². The molecular weight excluding hydrogens is 224 g/mol. The number of amides is 2. The van der Waals surface area contributed by atoms with Crippen LogP contribution in [0.25, 0.3) is 0 Å². The van der Waals surface area contributed by atoms with Crippen molar-refractivity contribution in [3.05, 3.63) is 30.3 Å². The van der Waals surface area contributed by atoms with Gasteiger partial charge in [0.2, 0.25) is 0 Å². The molecule has 1 aliphatic heterocycles. The third-order valence-corrected chi connectivity index (χ3v) is 3.49. The molecule has 0 aliphatic carbocycles. The maximum absolute atomic E-state index is 12.5. The summed E-state index contributed by atoms with van der Waals surface area (Å²) >= 11 is 0. The molecule has 2 amide bonds. The molecule has 1 aromatic carbocycles. The Morgan fingerprint density at radius 3 is 2.28 bits per heavy atom. The summed E-state index contributed by atoms with van der Waals surface area (Å²) in [7, 11) is 0. The number of likely N-dealkylation sites (tertiary alicyclic amines) is 1. The zero-order valence-corrected chi connectivity index (χ0v) is 11.1. The average Bonchev–Trinajstić information content (AvgIpc) is 2.69. The second-order valence-electron chi connectivity index (χ2n) is 4.76. The first-order valence-corrected chi connectivity index (χ1v) is 6.94. The van der Waals surface area contributed by atoms with Crippen molar-refractivity contribution in [2.75, 3.05) is 24.5 Å². The smallest absolute Gasteiger partial charge is 0.324 e. The van der Waals surface area contributed by atoms with Gasteiger partial charge in [-0.3, -0.25) is 4.90 Å². The van der Waals surface area contributed by atoms with Gasteiger partial charge in [0.15, 0.2) is 0 Å². The normalized spacial score (nSPS) is 16.2. The summed E-state index contributed by atoms with van der Waals surface area (Å²) in [5.74, 6) is 0. The van der Waals surface area contributed by atoms with Gasteiger partial charge in [0.25, 0.3) is 0 Å². The quantitative estimate of drug-likeness (QED) is 0.783. The molecule has 18 heavy (non-hydrogen) atoms. The van der Waals surface area contributed by atoms with E-state index in [2.05, 4.69) is 0 Å². The van der Waals surface area contributed by atoms with E-state index in [1.165, 1.54) is 12.8 Å². The number of carbonyl (C=O) groups is 1. The molecule has 98 valence electrons. The molecule has 0 unspecified atom stereocenters. The number of nitrogens with zero attached hydrogens (tertiary/aromatic N) is 2. The van der Waals surface area contributed by atoms with Gasteiger partial charge in [0.1, 0.15) is 0 Å². The minimum atomic E-state index is 0.158. The Bertz CT molecular complexity index is 369. The summed E-state index contributed by atoms with van der Waals surface area (Å²) in [5, 5.41) is 0. The first-order chi connectivity index (χ1) is 8.83. The van der Waals surface area contributed by atoms with E-state index in [0.29, 0.717) is 0 Å². The van der Waals surface area contributed by atoms with E-state index in [1.54, 1.807) is 0 Å². The summed E-state index contributed by atoms with van der Waals surface area (Å²) in [5.41, 5.74) is 0.995. The van der Waals surface area contributed by atoms with Crippen LogP contribution >= 0.6 is 0 Å². The van der Waals surface area contributed by atoms with E-state index in [-0.39, 0.29) is 6.03 Å². The van der Waals surface area contributed by atoms with Crippen molar-refractivity contribution in [3.63, 3.8) is 0 Å². The van der Waals surface area contributed by atoms with Crippen molar-refractivity contribution >= 4 is 11.7 Å². The molecule has 0 N–H and O–H groups in total. The van der Waals surface area contributed by atoms with E-state index in [0.717, 1.165) is 38.2 Å². The van der Waals surface area contributed by atoms with Gasteiger partial charge in [-0.15, -0.1) is 0 Å². The van der Waals surface area contributed by atoms with Gasteiger partial charge in [-0.2, -0.15) is 0 Å². The van der Waals surface area contributed by atoms with Crippen LogP contribution in [0.5, 0.6) is 0 Å². The van der Waals surface area contributed by atoms with Crippen LogP contribution in [0.1, 0.15) is 32.6 Å². The first-order valence-electron chi connectivity index (χ1n) is 6.94. The second-order valence-corrected chi connectivity index (χ2v) is 4.76. The van der Waals surface area contributed by atoms with Crippen LogP contribution in [-0.4, -0.2) is 30.6 Å². The Hall–Kier alpha value is -1.51. The molecule has 0 atom stereocenters. The topological polar surface area (TPSA) is 23.6 Å². The minimum absolute atomic E-state index is 0.158. The molecule has 0 radical (unpaired) electrons. The highest BCUT2D eigenvalue weighted by molar-refractivity contribution is 5.91. The number of carbonyl (C=O) groups excluding carboxylic acids is 1. The molecule has 1 fully saturated rings. The lowest BCUT2D eigenvalue weighted by Gasteiger charge is -2.29. The molecule has 1 heterocycles. The number of hydrogen-bond acceptors (Lipinski definition) is 1. The molecule has 3 nitrogen and oxygen atoms in total. The van der Waals surface area contributed by atoms with E-state index in [1.807, 2.05) is 47.1 Å². The van der Waals surface area contributed by atoms with Crippen LogP contribution in [0.2, 0.25) is 0 Å². The predicted octanol–water partition coefficient (Wildman–Crippen LogP) is 3.51. The molecule has 1 aliphatic rings. The molecule has 0 saturated carbocycles. The summed E-state index contributed by atoms with van der Waals surface area (Å²) in [6.45, 7) is 4.56. The molecule has 0 bridgehead atoms. The fraction of sp³-hybridized carbons (Fsp3) is 0.533. The molecule has 0 aromatic heterocycles. The molecule has 1 saturated heterocycles. The van der Waals surface area contributed by atoms with E-state index in [9.17, 15) is 4.79 Å². The van der Waals surface area contributed by atoms with Crippen molar-refractivity contribution in [1.82, 2.24) is 4.90 Å². The zero-order valence-electron chi connectivity index (χ0n) is 11.1. The van der Waals surface area contributed by atoms with Crippen molar-refractivity contribution in [3.8, 4) is 0 Å². The first kappa shape index (κ1) is 12.9. The fourth-order valence-electron chi connectivity index (χ4n) is 2.47. The molecule has 0 spiro atoms. The lowest BCUT2D eigenvalue weighted by Crippen LogP contribution is -2.43. The predicted molar refractivity (Wildman–Crippen MR) is 74.9 cm³/mol. The monoisotopic (exact) mass is 246 g/mol. The standard InChI is InChI=1S/C15H22N2O/c1-2-17(14-10-6-5-7-11-14)15(18)16-12-8-3-4-9-13-16/h5-7,10-11H,2-4,8-9,12-13H2,1H3. The molecule has 2 rings (SSSR count). The highest BCUT2D eigenvalue weighted by Crippen LogP contribution is 2.17. The number of rotatable bonds is 2. The molecule has 3 heteroatoms. The van der Waals surface area contributed by atoms with Crippen LogP contribution in [0.4, 0.5) is 10.5 Å². The van der Waals surface area contributed by atoms with Crippen molar-refractivity contribution in [1.29, 1.82) is 0 Å². The third kappa shape index (κ3) is 3.03. The fourth-order valence-corrected chi connectivity index (χ4v) is 2.47. The maximum atomic E-state index is 12.5. The van der Waals surface area contributed by atoms with Crippen molar-refractivity contribution in [2.45, 2.75) is 32.6 Å². The van der Waals surface area contributed by atoms with Gasteiger partial charge in [0.05, 0.1) is 0 Å². The number of urea groups is 1. The maximum Gasteiger partial charge on any atom is 0.324 e. The molecule has 1 aromatic rings. The Morgan fingerprint density at radius 1 is 1.11 bits per heavy atom. The summed E-state index contributed by atoms with van der Waals surface area (Å²) in [6, 6.07) is 10.1. The number of hydrogen-bond donors (Lipinski definition) is 0. The summed E-state index contributed by atoms with van der Waals surface area (Å²) in [6.07, 6.45) is 4.78. The van der Waals surface area contributed by atoms with Crippen LogP contribution in [0.15, 0.2) is 30.3 Å². The van der Waals surface area contributed by atoms with Gasteiger partial charge < -0.3 is 4.90 Å². The van der Waals surface area contributed by atoms with Gasteiger partial charge in [0, 0.05) is 25.3 Å². The van der Waals surface area contributed by atoms with Crippen LogP contribution in [0, 0.1) is 0 Å². The summed E-state index contributed by atoms with van der Waals surface area (Å²) in [4.78, 5) is 16.4. The number of para-hydroxylation sites is 1. The number of benzene rings is 1. The highest BCUT2D eigenvalue weighted by Gasteiger charge is 2.21. The average molecular weight is 246 g/mol. The minimum Gasteiger partial charge on any atom is -0.324 e. The van der Waals surface area contributed by atoms with Crippen LogP contribution in [0.3, 0.4) is 0 Å². The van der Waals surface area contributed by atoms with Crippen LogP contribution in [-0.2, 0) is 0 Å². The Balaban J connectivity index is 2.09. The van der Waals surface area contributed by atoms with Crippen molar-refractivity contribution < 1.29 is 4.79 Å². The Kier molecular flexibility index (Phi) is 4.62. The largest absolute Gasteiger partial charge is 0.324 e. The van der Waals surface area contributed by atoms with Crippen LogP contribution < -0.4 is 4.90 Å². The van der Waals surface area contributed by atoms with Gasteiger partial charge >= 0.3 is 6.03 Å². The number of anilines is 1. The van der Waals surface area contributed by atoms with E-state index in [4.69, 9.17) is 0 Å².